The predicted molar refractivity (Wildman–Crippen MR) is 98.4 cm³/mol. The van der Waals surface area contributed by atoms with Gasteiger partial charge in [0.1, 0.15) is 5.75 Å². The maximum absolute atomic E-state index is 12.6. The third-order valence-corrected chi connectivity index (χ3v) is 5.37. The van der Waals surface area contributed by atoms with Crippen molar-refractivity contribution in [3.63, 3.8) is 0 Å². The number of fused-ring (bicyclic) bond motifs is 4. The van der Waals surface area contributed by atoms with Crippen molar-refractivity contribution in [1.29, 1.82) is 0 Å². The van der Waals surface area contributed by atoms with Gasteiger partial charge in [-0.05, 0) is 36.1 Å². The summed E-state index contributed by atoms with van der Waals surface area (Å²) >= 11 is 0. The number of carbonyl (C=O) groups excluding carboxylic acids is 1. The molecule has 6 nitrogen and oxygen atoms in total. The van der Waals surface area contributed by atoms with E-state index in [2.05, 4.69) is 5.32 Å². The lowest BCUT2D eigenvalue weighted by Gasteiger charge is -2.42. The molecule has 2 aliphatic rings. The van der Waals surface area contributed by atoms with Crippen LogP contribution in [0, 0.1) is 5.92 Å². The molecule has 2 aromatic rings. The number of hydrogen-bond donors (Lipinski definition) is 1. The fraction of sp³-hybridized carbons (Fsp3) is 0.400. The molecule has 2 bridgehead atoms. The highest BCUT2D eigenvalue weighted by molar-refractivity contribution is 5.74. The van der Waals surface area contributed by atoms with Crippen molar-refractivity contribution in [2.45, 2.75) is 25.4 Å². The number of piperidine rings is 1. The number of carbonyl (C=O) groups is 1. The number of nitrogens with zero attached hydrogens (tertiary/aromatic N) is 2. The fourth-order valence-electron chi connectivity index (χ4n) is 4.10. The van der Waals surface area contributed by atoms with Crippen LogP contribution < -0.4 is 15.6 Å². The summed E-state index contributed by atoms with van der Waals surface area (Å²) in [6.45, 7) is 2.55. The largest absolute Gasteiger partial charge is 0.497 e. The summed E-state index contributed by atoms with van der Waals surface area (Å²) in [5, 5.41) is 3.01. The summed E-state index contributed by atoms with van der Waals surface area (Å²) in [7, 11) is 1.64. The first-order valence-electron chi connectivity index (χ1n) is 8.99. The number of aromatic nitrogens is 1. The molecule has 2 unspecified atom stereocenters. The zero-order valence-corrected chi connectivity index (χ0v) is 14.9. The van der Waals surface area contributed by atoms with Crippen molar-refractivity contribution in [2.24, 2.45) is 5.92 Å². The summed E-state index contributed by atoms with van der Waals surface area (Å²) in [5.74, 6) is 1.38. The molecule has 1 N–H and O–H groups in total. The molecule has 1 fully saturated rings. The topological polar surface area (TPSA) is 63.6 Å². The van der Waals surface area contributed by atoms with Crippen LogP contribution in [0.5, 0.6) is 5.75 Å². The Balaban J connectivity index is 1.41. The lowest BCUT2D eigenvalue weighted by atomic mass is 9.83. The molecule has 0 saturated carbocycles. The number of nitrogens with one attached hydrogen (secondary N) is 1. The summed E-state index contributed by atoms with van der Waals surface area (Å²) < 4.78 is 7.03. The van der Waals surface area contributed by atoms with Crippen LogP contribution in [0.3, 0.4) is 0 Å². The summed E-state index contributed by atoms with van der Waals surface area (Å²) in [6, 6.07) is 13.1. The number of benzene rings is 1. The Morgan fingerprint density at radius 1 is 1.15 bits per heavy atom. The first-order chi connectivity index (χ1) is 12.6. The third kappa shape index (κ3) is 3.19. The number of amides is 2. The van der Waals surface area contributed by atoms with Gasteiger partial charge in [-0.3, -0.25) is 4.79 Å². The van der Waals surface area contributed by atoms with E-state index in [1.54, 1.807) is 13.2 Å². The van der Waals surface area contributed by atoms with Gasteiger partial charge in [0.05, 0.1) is 7.11 Å². The van der Waals surface area contributed by atoms with Crippen LogP contribution in [0.15, 0.2) is 47.3 Å². The summed E-state index contributed by atoms with van der Waals surface area (Å²) in [4.78, 5) is 26.6. The molecule has 1 aromatic heterocycles. The van der Waals surface area contributed by atoms with Gasteiger partial charge >= 0.3 is 6.03 Å². The van der Waals surface area contributed by atoms with Crippen LogP contribution in [0.4, 0.5) is 4.79 Å². The maximum atomic E-state index is 12.6. The zero-order chi connectivity index (χ0) is 18.1. The lowest BCUT2D eigenvalue weighted by Crippen LogP contribution is -2.51. The molecule has 2 amide bonds. The first kappa shape index (κ1) is 16.7. The highest BCUT2D eigenvalue weighted by Gasteiger charge is 2.36. The Morgan fingerprint density at radius 3 is 2.73 bits per heavy atom. The van der Waals surface area contributed by atoms with Gasteiger partial charge in [-0.15, -0.1) is 0 Å². The molecule has 1 saturated heterocycles. The van der Waals surface area contributed by atoms with Crippen molar-refractivity contribution in [3.05, 3.63) is 64.1 Å². The molecule has 2 atom stereocenters. The van der Waals surface area contributed by atoms with Gasteiger partial charge in [-0.2, -0.15) is 0 Å². The zero-order valence-electron chi connectivity index (χ0n) is 14.9. The minimum atomic E-state index is -0.0396. The van der Waals surface area contributed by atoms with Crippen LogP contribution in [0.2, 0.25) is 0 Å². The quantitative estimate of drug-likeness (QED) is 0.920. The minimum Gasteiger partial charge on any atom is -0.497 e. The van der Waals surface area contributed by atoms with E-state index < -0.39 is 0 Å². The normalized spacial score (nSPS) is 21.0. The Morgan fingerprint density at radius 2 is 1.96 bits per heavy atom. The van der Waals surface area contributed by atoms with Crippen molar-refractivity contribution in [3.8, 4) is 5.75 Å². The van der Waals surface area contributed by atoms with Crippen LogP contribution in [-0.4, -0.2) is 35.7 Å². The number of urea groups is 1. The van der Waals surface area contributed by atoms with Crippen molar-refractivity contribution >= 4 is 6.03 Å². The number of methoxy groups -OCH3 is 1. The standard InChI is InChI=1S/C20H23N3O3/c1-26-17-7-5-14(6-8-17)10-21-20(25)22-11-15-9-16(13-22)18-3-2-4-19(24)23(18)12-15/h2-8,15-16H,9-13H2,1H3,(H,21,25). The maximum Gasteiger partial charge on any atom is 0.317 e. The Kier molecular flexibility index (Phi) is 4.41. The van der Waals surface area contributed by atoms with Gasteiger partial charge in [-0.25, -0.2) is 4.79 Å². The van der Waals surface area contributed by atoms with Gasteiger partial charge in [-0.1, -0.05) is 18.2 Å². The average Bonchev–Trinajstić information content (AvgIpc) is 2.67. The predicted octanol–water partition coefficient (Wildman–Crippen LogP) is 2.19. The van der Waals surface area contributed by atoms with Gasteiger partial charge in [0.2, 0.25) is 0 Å². The first-order valence-corrected chi connectivity index (χ1v) is 8.99. The molecular weight excluding hydrogens is 330 g/mol. The number of hydrogen-bond acceptors (Lipinski definition) is 3. The van der Waals surface area contributed by atoms with Gasteiger partial charge in [0.15, 0.2) is 0 Å². The molecular formula is C20H23N3O3. The lowest BCUT2D eigenvalue weighted by molar-refractivity contribution is 0.131. The van der Waals surface area contributed by atoms with E-state index in [1.165, 1.54) is 0 Å². The highest BCUT2D eigenvalue weighted by Crippen LogP contribution is 2.34. The van der Waals surface area contributed by atoms with E-state index in [-0.39, 0.29) is 17.5 Å². The molecule has 26 heavy (non-hydrogen) atoms. The fourth-order valence-corrected chi connectivity index (χ4v) is 4.10. The van der Waals surface area contributed by atoms with Crippen molar-refractivity contribution in [1.82, 2.24) is 14.8 Å². The Labute approximate surface area is 152 Å². The molecule has 2 aliphatic heterocycles. The van der Waals surface area contributed by atoms with Gasteiger partial charge < -0.3 is 19.5 Å². The monoisotopic (exact) mass is 353 g/mol. The van der Waals surface area contributed by atoms with Gasteiger partial charge in [0.25, 0.3) is 5.56 Å². The molecule has 4 rings (SSSR count). The summed E-state index contributed by atoms with van der Waals surface area (Å²) in [6.07, 6.45) is 1.05. The van der Waals surface area contributed by atoms with E-state index in [9.17, 15) is 9.59 Å². The van der Waals surface area contributed by atoms with Crippen LogP contribution in [0.1, 0.15) is 23.6 Å². The minimum absolute atomic E-state index is 0.0396. The van der Waals surface area contributed by atoms with E-state index in [0.717, 1.165) is 23.4 Å². The van der Waals surface area contributed by atoms with E-state index in [1.807, 2.05) is 45.9 Å². The smallest absolute Gasteiger partial charge is 0.317 e. The third-order valence-electron chi connectivity index (χ3n) is 5.37. The molecule has 1 aromatic carbocycles. The molecule has 0 aliphatic carbocycles. The number of ether oxygens (including phenoxy) is 1. The van der Waals surface area contributed by atoms with E-state index in [4.69, 9.17) is 4.74 Å². The number of pyridine rings is 1. The second-order valence-electron chi connectivity index (χ2n) is 7.11. The number of rotatable bonds is 3. The average molecular weight is 353 g/mol. The SMILES string of the molecule is COc1ccc(CNC(=O)N2CC3CC(C2)c2cccc(=O)n2C3)cc1. The Bertz CT molecular complexity index is 859. The van der Waals surface area contributed by atoms with Crippen molar-refractivity contribution in [2.75, 3.05) is 20.2 Å². The molecule has 136 valence electrons. The second kappa shape index (κ2) is 6.86. The molecule has 0 radical (unpaired) electrons. The number of likely N-dealkylation sites (tertiary alicyclic amines) is 1. The van der Waals surface area contributed by atoms with E-state index >= 15 is 0 Å². The van der Waals surface area contributed by atoms with Crippen LogP contribution in [-0.2, 0) is 13.1 Å². The molecule has 0 spiro atoms. The van der Waals surface area contributed by atoms with E-state index in [0.29, 0.717) is 32.1 Å². The highest BCUT2D eigenvalue weighted by atomic mass is 16.5. The molecule has 6 heteroatoms. The molecule has 3 heterocycles. The van der Waals surface area contributed by atoms with Crippen LogP contribution in [0.25, 0.3) is 0 Å². The van der Waals surface area contributed by atoms with Crippen LogP contribution >= 0.6 is 0 Å². The van der Waals surface area contributed by atoms with Crippen molar-refractivity contribution < 1.29 is 9.53 Å². The summed E-state index contributed by atoms with van der Waals surface area (Å²) in [5.41, 5.74) is 2.16. The second-order valence-corrected chi connectivity index (χ2v) is 7.11. The Hall–Kier alpha value is -2.76. The van der Waals surface area contributed by atoms with Gasteiger partial charge in [0, 0.05) is 43.9 Å².